The number of carbonyl (C=O) groups excluding carboxylic acids is 1. The zero-order valence-corrected chi connectivity index (χ0v) is 12.5. The molecule has 1 aromatic heterocycles. The SMILES string of the molecule is Cc1cc(C)c2cc(C(=O)N3CCCC(C)C3)[nH]c2c1. The standard InChI is InChI=1S/C17H22N2O/c1-11-5-4-6-19(10-11)17(20)16-9-14-13(3)7-12(2)8-15(14)18-16/h7-9,11,18H,4-6,10H2,1-3H3. The number of hydrogen-bond donors (Lipinski definition) is 1. The molecule has 1 aromatic carbocycles. The molecule has 1 saturated heterocycles. The number of rotatable bonds is 1. The Hall–Kier alpha value is -1.77. The Kier molecular flexibility index (Phi) is 3.28. The monoisotopic (exact) mass is 270 g/mol. The molecule has 2 heterocycles. The maximum atomic E-state index is 12.6. The third-order valence-electron chi connectivity index (χ3n) is 4.26. The van der Waals surface area contributed by atoms with Gasteiger partial charge in [-0.25, -0.2) is 0 Å². The van der Waals surface area contributed by atoms with E-state index in [1.54, 1.807) is 0 Å². The number of aryl methyl sites for hydroxylation is 2. The highest BCUT2D eigenvalue weighted by Crippen LogP contribution is 2.23. The number of likely N-dealkylation sites (tertiary alicyclic amines) is 1. The van der Waals surface area contributed by atoms with Crippen molar-refractivity contribution in [2.75, 3.05) is 13.1 Å². The quantitative estimate of drug-likeness (QED) is 0.843. The highest BCUT2D eigenvalue weighted by Gasteiger charge is 2.23. The van der Waals surface area contributed by atoms with E-state index in [4.69, 9.17) is 0 Å². The first-order valence-electron chi connectivity index (χ1n) is 7.44. The first-order chi connectivity index (χ1) is 9.54. The Morgan fingerprint density at radius 1 is 1.30 bits per heavy atom. The van der Waals surface area contributed by atoms with E-state index in [2.05, 4.69) is 37.9 Å². The Bertz CT molecular complexity index is 656. The Labute approximate surface area is 120 Å². The molecule has 1 fully saturated rings. The van der Waals surface area contributed by atoms with Gasteiger partial charge in [0.05, 0.1) is 0 Å². The van der Waals surface area contributed by atoms with Crippen molar-refractivity contribution in [2.24, 2.45) is 5.92 Å². The van der Waals surface area contributed by atoms with E-state index < -0.39 is 0 Å². The van der Waals surface area contributed by atoms with Crippen LogP contribution in [0.15, 0.2) is 18.2 Å². The Morgan fingerprint density at radius 2 is 2.10 bits per heavy atom. The van der Waals surface area contributed by atoms with Gasteiger partial charge in [0.25, 0.3) is 5.91 Å². The number of H-pyrrole nitrogens is 1. The third kappa shape index (κ3) is 2.33. The summed E-state index contributed by atoms with van der Waals surface area (Å²) < 4.78 is 0. The van der Waals surface area contributed by atoms with E-state index in [1.807, 2.05) is 11.0 Å². The van der Waals surface area contributed by atoms with Gasteiger partial charge in [0.15, 0.2) is 0 Å². The van der Waals surface area contributed by atoms with Crippen LogP contribution in [0, 0.1) is 19.8 Å². The molecule has 1 aliphatic heterocycles. The predicted octanol–water partition coefficient (Wildman–Crippen LogP) is 3.66. The molecule has 2 aromatic rings. The smallest absolute Gasteiger partial charge is 0.270 e. The molecule has 1 aliphatic rings. The molecule has 1 amide bonds. The van der Waals surface area contributed by atoms with E-state index in [9.17, 15) is 4.79 Å². The van der Waals surface area contributed by atoms with Crippen molar-refractivity contribution in [1.82, 2.24) is 9.88 Å². The number of fused-ring (bicyclic) bond motifs is 1. The number of aromatic amines is 1. The van der Waals surface area contributed by atoms with Gasteiger partial charge in [-0.3, -0.25) is 4.79 Å². The minimum absolute atomic E-state index is 0.143. The lowest BCUT2D eigenvalue weighted by atomic mass is 10.00. The van der Waals surface area contributed by atoms with E-state index >= 15 is 0 Å². The second-order valence-corrected chi connectivity index (χ2v) is 6.22. The van der Waals surface area contributed by atoms with Crippen LogP contribution < -0.4 is 0 Å². The summed E-state index contributed by atoms with van der Waals surface area (Å²) in [5.74, 6) is 0.755. The molecule has 0 radical (unpaired) electrons. The summed E-state index contributed by atoms with van der Waals surface area (Å²) in [5, 5.41) is 1.16. The van der Waals surface area contributed by atoms with Crippen LogP contribution in [0.2, 0.25) is 0 Å². The molecular formula is C17H22N2O. The molecule has 0 saturated carbocycles. The van der Waals surface area contributed by atoms with E-state index in [-0.39, 0.29) is 5.91 Å². The van der Waals surface area contributed by atoms with Gasteiger partial charge in [-0.2, -0.15) is 0 Å². The van der Waals surface area contributed by atoms with Gasteiger partial charge in [0.1, 0.15) is 5.69 Å². The number of nitrogens with one attached hydrogen (secondary N) is 1. The van der Waals surface area contributed by atoms with Crippen LogP contribution in [0.1, 0.15) is 41.4 Å². The van der Waals surface area contributed by atoms with Gasteiger partial charge in [-0.15, -0.1) is 0 Å². The Morgan fingerprint density at radius 3 is 2.85 bits per heavy atom. The molecular weight excluding hydrogens is 248 g/mol. The zero-order chi connectivity index (χ0) is 14.3. The summed E-state index contributed by atoms with van der Waals surface area (Å²) in [7, 11) is 0. The fourth-order valence-electron chi connectivity index (χ4n) is 3.26. The lowest BCUT2D eigenvalue weighted by molar-refractivity contribution is 0.0678. The topological polar surface area (TPSA) is 36.1 Å². The van der Waals surface area contributed by atoms with Gasteiger partial charge in [-0.05, 0) is 55.9 Å². The molecule has 1 atom stereocenters. The number of hydrogen-bond acceptors (Lipinski definition) is 1. The Balaban J connectivity index is 1.93. The van der Waals surface area contributed by atoms with Crippen molar-refractivity contribution in [1.29, 1.82) is 0 Å². The second-order valence-electron chi connectivity index (χ2n) is 6.22. The van der Waals surface area contributed by atoms with Gasteiger partial charge in [-0.1, -0.05) is 13.0 Å². The summed E-state index contributed by atoms with van der Waals surface area (Å²) in [4.78, 5) is 17.9. The van der Waals surface area contributed by atoms with Crippen molar-refractivity contribution in [2.45, 2.75) is 33.6 Å². The lowest BCUT2D eigenvalue weighted by Crippen LogP contribution is -2.39. The van der Waals surface area contributed by atoms with Gasteiger partial charge < -0.3 is 9.88 Å². The molecule has 0 bridgehead atoms. The third-order valence-corrected chi connectivity index (χ3v) is 4.26. The molecule has 106 valence electrons. The van der Waals surface area contributed by atoms with Crippen LogP contribution in [0.5, 0.6) is 0 Å². The number of nitrogens with zero attached hydrogens (tertiary/aromatic N) is 1. The largest absolute Gasteiger partial charge is 0.351 e. The highest BCUT2D eigenvalue weighted by atomic mass is 16.2. The van der Waals surface area contributed by atoms with Crippen LogP contribution in [0.25, 0.3) is 10.9 Å². The van der Waals surface area contributed by atoms with Crippen LogP contribution in [0.3, 0.4) is 0 Å². The fourth-order valence-corrected chi connectivity index (χ4v) is 3.26. The number of amides is 1. The van der Waals surface area contributed by atoms with Crippen LogP contribution in [-0.2, 0) is 0 Å². The van der Waals surface area contributed by atoms with Crippen molar-refractivity contribution < 1.29 is 4.79 Å². The molecule has 3 heteroatoms. The molecule has 20 heavy (non-hydrogen) atoms. The number of benzene rings is 1. The molecule has 0 spiro atoms. The first-order valence-corrected chi connectivity index (χ1v) is 7.44. The first kappa shape index (κ1) is 13.2. The second kappa shape index (κ2) is 4.97. The van der Waals surface area contributed by atoms with E-state index in [0.29, 0.717) is 5.92 Å². The summed E-state index contributed by atoms with van der Waals surface area (Å²) in [6, 6.07) is 6.27. The lowest BCUT2D eigenvalue weighted by Gasteiger charge is -2.30. The van der Waals surface area contributed by atoms with Crippen LogP contribution >= 0.6 is 0 Å². The number of aromatic nitrogens is 1. The number of piperidine rings is 1. The van der Waals surface area contributed by atoms with Crippen LogP contribution in [-0.4, -0.2) is 28.9 Å². The average Bonchev–Trinajstić information content (AvgIpc) is 2.82. The normalized spacial score (nSPS) is 19.6. The molecule has 1 unspecified atom stereocenters. The van der Waals surface area contributed by atoms with Crippen molar-refractivity contribution in [3.05, 3.63) is 35.0 Å². The van der Waals surface area contributed by atoms with Gasteiger partial charge in [0.2, 0.25) is 0 Å². The molecule has 3 rings (SSSR count). The minimum atomic E-state index is 0.143. The summed E-state index contributed by atoms with van der Waals surface area (Å²) in [6.45, 7) is 8.17. The van der Waals surface area contributed by atoms with Gasteiger partial charge in [0, 0.05) is 24.0 Å². The molecule has 3 nitrogen and oxygen atoms in total. The fraction of sp³-hybridized carbons (Fsp3) is 0.471. The average molecular weight is 270 g/mol. The summed E-state index contributed by atoms with van der Waals surface area (Å²) >= 11 is 0. The summed E-state index contributed by atoms with van der Waals surface area (Å²) in [5.41, 5.74) is 4.24. The maximum Gasteiger partial charge on any atom is 0.270 e. The maximum absolute atomic E-state index is 12.6. The van der Waals surface area contributed by atoms with Crippen LogP contribution in [0.4, 0.5) is 0 Å². The van der Waals surface area contributed by atoms with Crippen molar-refractivity contribution in [3.63, 3.8) is 0 Å². The zero-order valence-electron chi connectivity index (χ0n) is 12.5. The van der Waals surface area contributed by atoms with Crippen molar-refractivity contribution >= 4 is 16.8 Å². The predicted molar refractivity (Wildman–Crippen MR) is 82.1 cm³/mol. The summed E-state index contributed by atoms with van der Waals surface area (Å²) in [6.07, 6.45) is 2.35. The number of carbonyl (C=O) groups is 1. The molecule has 1 N–H and O–H groups in total. The van der Waals surface area contributed by atoms with Gasteiger partial charge >= 0.3 is 0 Å². The van der Waals surface area contributed by atoms with E-state index in [0.717, 1.165) is 36.1 Å². The highest BCUT2D eigenvalue weighted by molar-refractivity contribution is 5.99. The van der Waals surface area contributed by atoms with Crippen molar-refractivity contribution in [3.8, 4) is 0 Å². The molecule has 0 aliphatic carbocycles. The minimum Gasteiger partial charge on any atom is -0.351 e. The van der Waals surface area contributed by atoms with E-state index in [1.165, 1.54) is 17.5 Å².